The van der Waals surface area contributed by atoms with Crippen molar-refractivity contribution in [3.8, 4) is 0 Å². The van der Waals surface area contributed by atoms with Crippen LogP contribution in [0.15, 0.2) is 46.0 Å². The number of benzene rings is 1. The summed E-state index contributed by atoms with van der Waals surface area (Å²) in [5.74, 6) is -0.403. The Labute approximate surface area is 180 Å². The lowest BCUT2D eigenvalue weighted by Gasteiger charge is -2.23. The van der Waals surface area contributed by atoms with Crippen molar-refractivity contribution in [2.45, 2.75) is 46.2 Å². The third kappa shape index (κ3) is 4.74. The van der Waals surface area contributed by atoms with E-state index in [0.717, 1.165) is 5.56 Å². The summed E-state index contributed by atoms with van der Waals surface area (Å²) in [4.78, 5) is 47.2. The van der Waals surface area contributed by atoms with E-state index in [0.29, 0.717) is 18.7 Å². The monoisotopic (exact) mass is 424 g/mol. The number of amides is 1. The van der Waals surface area contributed by atoms with Gasteiger partial charge in [-0.25, -0.2) is 9.78 Å². The zero-order valence-corrected chi connectivity index (χ0v) is 18.1. The van der Waals surface area contributed by atoms with Gasteiger partial charge in [0.05, 0.1) is 17.6 Å². The van der Waals surface area contributed by atoms with Gasteiger partial charge in [-0.3, -0.25) is 19.1 Å². The second-order valence-corrected chi connectivity index (χ2v) is 7.79. The van der Waals surface area contributed by atoms with Gasteiger partial charge in [-0.2, -0.15) is 0 Å². The number of carbonyl (C=O) groups excluding carboxylic acids is 1. The van der Waals surface area contributed by atoms with Crippen LogP contribution in [0.2, 0.25) is 0 Å². The third-order valence-corrected chi connectivity index (χ3v) is 5.11. The summed E-state index contributed by atoms with van der Waals surface area (Å²) in [5, 5.41) is 9.65. The second-order valence-electron chi connectivity index (χ2n) is 7.79. The predicted octanol–water partition coefficient (Wildman–Crippen LogP) is 2.25. The molecule has 2 heterocycles. The number of fused-ring (bicyclic) bond motifs is 1. The maximum Gasteiger partial charge on any atom is 0.329 e. The van der Waals surface area contributed by atoms with E-state index in [2.05, 4.69) is 9.97 Å². The van der Waals surface area contributed by atoms with E-state index in [9.17, 15) is 19.5 Å². The second kappa shape index (κ2) is 9.70. The molecule has 2 aromatic heterocycles. The number of aryl methyl sites for hydroxylation is 1. The molecule has 164 valence electrons. The summed E-state index contributed by atoms with van der Waals surface area (Å²) in [7, 11) is 0. The summed E-state index contributed by atoms with van der Waals surface area (Å²) in [6.45, 7) is 6.36. The molecule has 1 amide bonds. The molecule has 0 atom stereocenters. The number of nitrogens with zero attached hydrogens (tertiary/aromatic N) is 3. The highest BCUT2D eigenvalue weighted by molar-refractivity contribution is 6.05. The van der Waals surface area contributed by atoms with Crippen LogP contribution in [0.4, 0.5) is 0 Å². The first-order valence-electron chi connectivity index (χ1n) is 10.5. The molecule has 8 nitrogen and oxygen atoms in total. The first kappa shape index (κ1) is 22.4. The molecule has 0 saturated heterocycles. The zero-order chi connectivity index (χ0) is 22.5. The number of aromatic amines is 1. The van der Waals surface area contributed by atoms with Crippen molar-refractivity contribution < 1.29 is 9.90 Å². The van der Waals surface area contributed by atoms with Gasteiger partial charge in [-0.1, -0.05) is 51.1 Å². The molecule has 0 fully saturated rings. The van der Waals surface area contributed by atoms with Crippen LogP contribution < -0.4 is 11.2 Å². The van der Waals surface area contributed by atoms with Crippen LogP contribution in [0.25, 0.3) is 11.0 Å². The van der Waals surface area contributed by atoms with Crippen molar-refractivity contribution in [1.82, 2.24) is 19.4 Å². The minimum atomic E-state index is -0.637. The number of nitrogens with one attached hydrogen (secondary N) is 1. The maximum atomic E-state index is 13.6. The first-order valence-corrected chi connectivity index (χ1v) is 10.5. The lowest BCUT2D eigenvalue weighted by atomic mass is 10.0. The highest BCUT2D eigenvalue weighted by Crippen LogP contribution is 2.22. The van der Waals surface area contributed by atoms with E-state index in [1.54, 1.807) is 6.07 Å². The average molecular weight is 425 g/mol. The number of aromatic nitrogens is 3. The van der Waals surface area contributed by atoms with Crippen molar-refractivity contribution >= 4 is 16.9 Å². The van der Waals surface area contributed by atoms with Crippen molar-refractivity contribution in [3.05, 3.63) is 74.1 Å². The van der Waals surface area contributed by atoms with Crippen LogP contribution >= 0.6 is 0 Å². The molecule has 0 aliphatic carbocycles. The number of aliphatic hydroxyl groups excluding tert-OH is 1. The van der Waals surface area contributed by atoms with Crippen LogP contribution in [-0.2, 0) is 13.1 Å². The number of hydrogen-bond donors (Lipinski definition) is 2. The van der Waals surface area contributed by atoms with E-state index < -0.39 is 11.2 Å². The largest absolute Gasteiger partial charge is 0.395 e. The molecule has 0 unspecified atom stereocenters. The topological polar surface area (TPSA) is 108 Å². The maximum absolute atomic E-state index is 13.6. The van der Waals surface area contributed by atoms with Gasteiger partial charge in [0.2, 0.25) is 0 Å². The quantitative estimate of drug-likeness (QED) is 0.577. The summed E-state index contributed by atoms with van der Waals surface area (Å²) < 4.78 is 1.41. The molecule has 0 aliphatic heterocycles. The van der Waals surface area contributed by atoms with Crippen molar-refractivity contribution in [2.24, 2.45) is 0 Å². The Morgan fingerprint density at radius 2 is 1.94 bits per heavy atom. The van der Waals surface area contributed by atoms with Crippen molar-refractivity contribution in [1.29, 1.82) is 0 Å². The van der Waals surface area contributed by atoms with E-state index >= 15 is 0 Å². The van der Waals surface area contributed by atoms with Gasteiger partial charge >= 0.3 is 5.69 Å². The zero-order valence-electron chi connectivity index (χ0n) is 18.1. The SMILES string of the molecule is CCCn1c(=O)[nH]c(=O)c2c(C(=O)N(CCO)Cc3ccccc3)cc(C(C)C)nc21. The minimum absolute atomic E-state index is 0.0131. The van der Waals surface area contributed by atoms with Crippen LogP contribution in [0.5, 0.6) is 0 Å². The van der Waals surface area contributed by atoms with Gasteiger partial charge in [0.25, 0.3) is 11.5 Å². The normalized spacial score (nSPS) is 11.3. The molecule has 1 aromatic carbocycles. The number of rotatable bonds is 8. The molecule has 0 radical (unpaired) electrons. The van der Waals surface area contributed by atoms with Crippen LogP contribution in [0.1, 0.15) is 54.7 Å². The van der Waals surface area contributed by atoms with Crippen LogP contribution in [0.3, 0.4) is 0 Å². The third-order valence-electron chi connectivity index (χ3n) is 5.11. The molecule has 3 rings (SSSR count). The minimum Gasteiger partial charge on any atom is -0.395 e. The van der Waals surface area contributed by atoms with Gasteiger partial charge in [-0.05, 0) is 24.0 Å². The fourth-order valence-electron chi connectivity index (χ4n) is 3.54. The van der Waals surface area contributed by atoms with Gasteiger partial charge in [0, 0.05) is 25.3 Å². The average Bonchev–Trinajstić information content (AvgIpc) is 2.75. The Hall–Kier alpha value is -3.26. The molecule has 0 spiro atoms. The van der Waals surface area contributed by atoms with E-state index in [1.807, 2.05) is 51.1 Å². The Morgan fingerprint density at radius 3 is 2.55 bits per heavy atom. The lowest BCUT2D eigenvalue weighted by Crippen LogP contribution is -2.36. The molecule has 2 N–H and O–H groups in total. The lowest BCUT2D eigenvalue weighted by molar-refractivity contribution is 0.0709. The number of carbonyl (C=O) groups is 1. The molecular formula is C23H28N4O4. The van der Waals surface area contributed by atoms with Crippen LogP contribution in [0, 0.1) is 0 Å². The van der Waals surface area contributed by atoms with Crippen LogP contribution in [-0.4, -0.2) is 43.6 Å². The fraction of sp³-hybridized carbons (Fsp3) is 0.391. The van der Waals surface area contributed by atoms with E-state index in [-0.39, 0.29) is 48.1 Å². The number of aliphatic hydroxyl groups is 1. The van der Waals surface area contributed by atoms with Gasteiger partial charge < -0.3 is 10.0 Å². The standard InChI is InChI=1S/C23H28N4O4/c1-4-10-27-20-19(21(29)25-23(27)31)17(13-18(24-20)15(2)3)22(30)26(11-12-28)14-16-8-6-5-7-9-16/h5-9,13,15,28H,4,10-12,14H2,1-3H3,(H,25,29,31). The first-order chi connectivity index (χ1) is 14.9. The molecule has 31 heavy (non-hydrogen) atoms. The molecule has 8 heteroatoms. The Balaban J connectivity index is 2.23. The Morgan fingerprint density at radius 1 is 1.23 bits per heavy atom. The Kier molecular flexibility index (Phi) is 7.02. The van der Waals surface area contributed by atoms with E-state index in [1.165, 1.54) is 9.47 Å². The number of pyridine rings is 1. The van der Waals surface area contributed by atoms with Gasteiger partial charge in [0.1, 0.15) is 0 Å². The Bertz CT molecular complexity index is 1180. The molecule has 0 bridgehead atoms. The van der Waals surface area contributed by atoms with E-state index in [4.69, 9.17) is 0 Å². The summed E-state index contributed by atoms with van der Waals surface area (Å²) >= 11 is 0. The van der Waals surface area contributed by atoms with Gasteiger partial charge in [-0.15, -0.1) is 0 Å². The van der Waals surface area contributed by atoms with Crippen molar-refractivity contribution in [2.75, 3.05) is 13.2 Å². The summed E-state index contributed by atoms with van der Waals surface area (Å²) in [6.07, 6.45) is 0.669. The highest BCUT2D eigenvalue weighted by Gasteiger charge is 2.24. The fourth-order valence-corrected chi connectivity index (χ4v) is 3.54. The van der Waals surface area contributed by atoms with Crippen molar-refractivity contribution in [3.63, 3.8) is 0 Å². The molecule has 3 aromatic rings. The smallest absolute Gasteiger partial charge is 0.329 e. The highest BCUT2D eigenvalue weighted by atomic mass is 16.3. The molecule has 0 saturated carbocycles. The van der Waals surface area contributed by atoms with Gasteiger partial charge in [0.15, 0.2) is 5.65 Å². The molecular weight excluding hydrogens is 396 g/mol. The predicted molar refractivity (Wildman–Crippen MR) is 119 cm³/mol. The number of hydrogen-bond acceptors (Lipinski definition) is 5. The molecule has 0 aliphatic rings. The number of H-pyrrole nitrogens is 1. The summed E-state index contributed by atoms with van der Waals surface area (Å²) in [6, 6.07) is 11.1. The summed E-state index contributed by atoms with van der Waals surface area (Å²) in [5.41, 5.74) is 0.751.